The van der Waals surface area contributed by atoms with Gasteiger partial charge in [-0.25, -0.2) is 18.9 Å². The van der Waals surface area contributed by atoms with E-state index in [-0.39, 0.29) is 17.8 Å². The van der Waals surface area contributed by atoms with Gasteiger partial charge < -0.3 is 15.4 Å². The van der Waals surface area contributed by atoms with E-state index in [1.807, 2.05) is 0 Å². The predicted octanol–water partition coefficient (Wildman–Crippen LogP) is 1.87. The lowest BCUT2D eigenvalue weighted by Crippen LogP contribution is -2.43. The number of ether oxygens (including phenoxy) is 1. The van der Waals surface area contributed by atoms with Crippen LogP contribution < -0.4 is 15.4 Å². The first-order valence-electron chi connectivity index (χ1n) is 7.35. The van der Waals surface area contributed by atoms with Crippen LogP contribution in [-0.4, -0.2) is 33.9 Å². The summed E-state index contributed by atoms with van der Waals surface area (Å²) in [5, 5.41) is 9.67. The van der Waals surface area contributed by atoms with Crippen molar-refractivity contribution >= 4 is 11.7 Å². The maximum absolute atomic E-state index is 13.8. The van der Waals surface area contributed by atoms with E-state index < -0.39 is 5.82 Å². The average molecular weight is 319 g/mol. The van der Waals surface area contributed by atoms with Gasteiger partial charge >= 0.3 is 6.03 Å². The van der Waals surface area contributed by atoms with E-state index in [1.165, 1.54) is 19.5 Å². The third-order valence-corrected chi connectivity index (χ3v) is 3.89. The molecule has 8 heteroatoms. The minimum Gasteiger partial charge on any atom is -0.494 e. The highest BCUT2D eigenvalue weighted by atomic mass is 19.1. The molecule has 0 fully saturated rings. The largest absolute Gasteiger partial charge is 0.494 e. The second kappa shape index (κ2) is 6.23. The summed E-state index contributed by atoms with van der Waals surface area (Å²) >= 11 is 0. The molecule has 2 N–H and O–H groups in total. The number of urea groups is 1. The standard InChI is InChI=1S/C15H18FN5O2/c1-9-5-13(23-2)11(16)6-12(9)20-15(22)19-10-3-4-14-17-8-18-21(14)7-10/h5-6,8,10H,3-4,7H2,1-2H3,(H2,19,20,22)/t10-/m1/s1. The monoisotopic (exact) mass is 319 g/mol. The molecule has 2 heterocycles. The van der Waals surface area contributed by atoms with Crippen LogP contribution in [0.15, 0.2) is 18.5 Å². The molecule has 7 nitrogen and oxygen atoms in total. The Morgan fingerprint density at radius 3 is 3.09 bits per heavy atom. The number of hydrogen-bond acceptors (Lipinski definition) is 4. The fraction of sp³-hybridized carbons (Fsp3) is 0.400. The van der Waals surface area contributed by atoms with Crippen molar-refractivity contribution in [3.63, 3.8) is 0 Å². The normalized spacial score (nSPS) is 16.6. The number of nitrogens with zero attached hydrogens (tertiary/aromatic N) is 3. The number of rotatable bonds is 3. The molecule has 2 amide bonds. The zero-order valence-corrected chi connectivity index (χ0v) is 13.0. The van der Waals surface area contributed by atoms with Gasteiger partial charge in [0.1, 0.15) is 12.2 Å². The number of aryl methyl sites for hydroxylation is 2. The second-order valence-corrected chi connectivity index (χ2v) is 5.49. The number of halogens is 1. The van der Waals surface area contributed by atoms with Crippen LogP contribution in [0.25, 0.3) is 0 Å². The Kier molecular flexibility index (Phi) is 4.14. The molecule has 0 radical (unpaired) electrons. The van der Waals surface area contributed by atoms with Crippen LogP contribution in [0.5, 0.6) is 5.75 Å². The van der Waals surface area contributed by atoms with Crippen LogP contribution in [0.3, 0.4) is 0 Å². The van der Waals surface area contributed by atoms with Gasteiger partial charge in [-0.1, -0.05) is 0 Å². The molecule has 0 saturated carbocycles. The molecule has 1 aromatic carbocycles. The molecule has 0 unspecified atom stereocenters. The number of nitrogens with one attached hydrogen (secondary N) is 2. The van der Waals surface area contributed by atoms with Crippen LogP contribution >= 0.6 is 0 Å². The first-order chi connectivity index (χ1) is 11.1. The molecule has 0 saturated heterocycles. The first-order valence-corrected chi connectivity index (χ1v) is 7.35. The van der Waals surface area contributed by atoms with E-state index in [9.17, 15) is 9.18 Å². The van der Waals surface area contributed by atoms with Crippen molar-refractivity contribution in [2.24, 2.45) is 0 Å². The van der Waals surface area contributed by atoms with Crippen LogP contribution in [-0.2, 0) is 13.0 Å². The molecule has 1 aliphatic rings. The van der Waals surface area contributed by atoms with Crippen molar-refractivity contribution in [1.29, 1.82) is 0 Å². The van der Waals surface area contributed by atoms with Gasteiger partial charge in [0.2, 0.25) is 0 Å². The van der Waals surface area contributed by atoms with Gasteiger partial charge in [-0.3, -0.25) is 0 Å². The van der Waals surface area contributed by atoms with Crippen LogP contribution in [0, 0.1) is 12.7 Å². The smallest absolute Gasteiger partial charge is 0.319 e. The van der Waals surface area contributed by atoms with Gasteiger partial charge in [0.25, 0.3) is 0 Å². The van der Waals surface area contributed by atoms with Crippen molar-refractivity contribution in [1.82, 2.24) is 20.1 Å². The molecule has 3 rings (SSSR count). The van der Waals surface area contributed by atoms with Gasteiger partial charge in [0.15, 0.2) is 11.6 Å². The number of carbonyl (C=O) groups excluding carboxylic acids is 1. The second-order valence-electron chi connectivity index (χ2n) is 5.49. The van der Waals surface area contributed by atoms with Gasteiger partial charge in [0.05, 0.1) is 19.7 Å². The van der Waals surface area contributed by atoms with E-state index in [2.05, 4.69) is 20.7 Å². The number of benzene rings is 1. The lowest BCUT2D eigenvalue weighted by molar-refractivity contribution is 0.243. The highest BCUT2D eigenvalue weighted by Crippen LogP contribution is 2.25. The summed E-state index contributed by atoms with van der Waals surface area (Å²) in [7, 11) is 1.40. The maximum Gasteiger partial charge on any atom is 0.319 e. The molecule has 23 heavy (non-hydrogen) atoms. The Balaban J connectivity index is 1.63. The van der Waals surface area contributed by atoms with E-state index in [1.54, 1.807) is 17.7 Å². The molecular formula is C15H18FN5O2. The Hall–Kier alpha value is -2.64. The summed E-state index contributed by atoms with van der Waals surface area (Å²) < 4.78 is 20.5. The molecule has 1 aliphatic heterocycles. The van der Waals surface area contributed by atoms with Gasteiger partial charge in [-0.2, -0.15) is 5.10 Å². The third kappa shape index (κ3) is 3.25. The molecule has 2 aromatic rings. The summed E-state index contributed by atoms with van der Waals surface area (Å²) in [5.41, 5.74) is 1.14. The molecule has 0 spiro atoms. The van der Waals surface area contributed by atoms with E-state index in [4.69, 9.17) is 4.74 Å². The average Bonchev–Trinajstić information content (AvgIpc) is 2.98. The van der Waals surface area contributed by atoms with Gasteiger partial charge in [-0.15, -0.1) is 0 Å². The summed E-state index contributed by atoms with van der Waals surface area (Å²) in [6, 6.07) is 2.40. The number of hydrogen-bond donors (Lipinski definition) is 2. The fourth-order valence-corrected chi connectivity index (χ4v) is 2.65. The predicted molar refractivity (Wildman–Crippen MR) is 82.0 cm³/mol. The zero-order chi connectivity index (χ0) is 16.4. The van der Waals surface area contributed by atoms with Crippen molar-refractivity contribution in [3.8, 4) is 5.75 Å². The lowest BCUT2D eigenvalue weighted by atomic mass is 10.1. The Morgan fingerprint density at radius 2 is 2.30 bits per heavy atom. The lowest BCUT2D eigenvalue weighted by Gasteiger charge is -2.24. The topological polar surface area (TPSA) is 81.1 Å². The number of carbonyl (C=O) groups is 1. The highest BCUT2D eigenvalue weighted by Gasteiger charge is 2.21. The third-order valence-electron chi connectivity index (χ3n) is 3.89. The van der Waals surface area contributed by atoms with Crippen molar-refractivity contribution in [2.75, 3.05) is 12.4 Å². The quantitative estimate of drug-likeness (QED) is 0.905. The minimum absolute atomic E-state index is 0.0346. The van der Waals surface area contributed by atoms with Crippen LogP contribution in [0.4, 0.5) is 14.9 Å². The van der Waals surface area contributed by atoms with Crippen molar-refractivity contribution in [2.45, 2.75) is 32.4 Å². The molecule has 1 atom stereocenters. The number of aromatic nitrogens is 3. The molecule has 0 aliphatic carbocycles. The zero-order valence-electron chi connectivity index (χ0n) is 13.0. The van der Waals surface area contributed by atoms with Crippen molar-refractivity contribution in [3.05, 3.63) is 35.7 Å². The summed E-state index contributed by atoms with van der Waals surface area (Å²) in [5.74, 6) is 0.564. The Labute approximate surface area is 132 Å². The summed E-state index contributed by atoms with van der Waals surface area (Å²) in [6.07, 6.45) is 3.07. The fourth-order valence-electron chi connectivity index (χ4n) is 2.65. The first kappa shape index (κ1) is 15.3. The minimum atomic E-state index is -0.515. The highest BCUT2D eigenvalue weighted by molar-refractivity contribution is 5.90. The number of fused-ring (bicyclic) bond motifs is 1. The SMILES string of the molecule is COc1cc(C)c(NC(=O)N[C@@H]2CCc3ncnn3C2)cc1F. The van der Waals surface area contributed by atoms with Gasteiger partial charge in [-0.05, 0) is 25.0 Å². The number of methoxy groups -OCH3 is 1. The number of amides is 2. The van der Waals surface area contributed by atoms with Crippen LogP contribution in [0.2, 0.25) is 0 Å². The van der Waals surface area contributed by atoms with Crippen LogP contribution in [0.1, 0.15) is 17.8 Å². The maximum atomic E-state index is 13.8. The molecule has 0 bridgehead atoms. The Morgan fingerprint density at radius 1 is 1.48 bits per heavy atom. The van der Waals surface area contributed by atoms with E-state index in [0.29, 0.717) is 12.2 Å². The van der Waals surface area contributed by atoms with Crippen molar-refractivity contribution < 1.29 is 13.9 Å². The molecule has 1 aromatic heterocycles. The Bertz CT molecular complexity index is 731. The molecular weight excluding hydrogens is 301 g/mol. The van der Waals surface area contributed by atoms with E-state index in [0.717, 1.165) is 24.2 Å². The summed E-state index contributed by atoms with van der Waals surface area (Å²) in [6.45, 7) is 2.36. The van der Waals surface area contributed by atoms with E-state index >= 15 is 0 Å². The summed E-state index contributed by atoms with van der Waals surface area (Å²) in [4.78, 5) is 16.3. The van der Waals surface area contributed by atoms with Gasteiger partial charge in [0, 0.05) is 18.2 Å². The number of anilines is 1. The molecule has 122 valence electrons.